The van der Waals surface area contributed by atoms with E-state index in [1.807, 2.05) is 6.92 Å². The summed E-state index contributed by atoms with van der Waals surface area (Å²) in [5.74, 6) is -1.04. The van der Waals surface area contributed by atoms with Gasteiger partial charge < -0.3 is 9.47 Å². The van der Waals surface area contributed by atoms with Crippen LogP contribution in [0.1, 0.15) is 56.1 Å². The number of carbonyl (C=O) groups excluding carboxylic acids is 2. The van der Waals surface area contributed by atoms with E-state index in [2.05, 4.69) is 0 Å². The Morgan fingerprint density at radius 1 is 1.40 bits per heavy atom. The number of rotatable bonds is 3. The Kier molecular flexibility index (Phi) is 6.21. The Bertz CT molecular complexity index is 697. The number of fused-ring (bicyclic) bond motifs is 1. The molecule has 0 aromatic heterocycles. The van der Waals surface area contributed by atoms with Gasteiger partial charge in [-0.05, 0) is 58.1 Å². The molecule has 1 aliphatic rings. The van der Waals surface area contributed by atoms with Crippen molar-refractivity contribution < 1.29 is 23.5 Å². The molecule has 136 valence electrons. The van der Waals surface area contributed by atoms with Gasteiger partial charge in [-0.3, -0.25) is 9.59 Å². The SMILES string of the molecule is CCOC(=S)SC1CC(OC(=O)C(C)(C)C)c2cc(F)ccc2C1=O. The van der Waals surface area contributed by atoms with Crippen LogP contribution in [0.4, 0.5) is 4.39 Å². The van der Waals surface area contributed by atoms with Crippen molar-refractivity contribution in [2.75, 3.05) is 6.61 Å². The largest absolute Gasteiger partial charge is 0.479 e. The number of halogens is 1. The molecule has 0 aliphatic heterocycles. The lowest BCUT2D eigenvalue weighted by atomic mass is 9.87. The second kappa shape index (κ2) is 7.83. The summed E-state index contributed by atoms with van der Waals surface area (Å²) in [6.07, 6.45) is -0.466. The van der Waals surface area contributed by atoms with E-state index in [0.717, 1.165) is 11.8 Å². The van der Waals surface area contributed by atoms with Crippen LogP contribution in [0, 0.1) is 11.2 Å². The van der Waals surface area contributed by atoms with E-state index < -0.39 is 28.6 Å². The number of ketones is 1. The lowest BCUT2D eigenvalue weighted by molar-refractivity contribution is -0.159. The molecular weight excluding hydrogens is 363 g/mol. The predicted molar refractivity (Wildman–Crippen MR) is 99.2 cm³/mol. The fourth-order valence-corrected chi connectivity index (χ4v) is 3.80. The molecule has 1 aliphatic carbocycles. The zero-order valence-electron chi connectivity index (χ0n) is 14.6. The van der Waals surface area contributed by atoms with E-state index in [0.29, 0.717) is 17.7 Å². The zero-order chi connectivity index (χ0) is 18.8. The Morgan fingerprint density at radius 3 is 2.68 bits per heavy atom. The van der Waals surface area contributed by atoms with Gasteiger partial charge in [0.25, 0.3) is 0 Å². The monoisotopic (exact) mass is 384 g/mol. The van der Waals surface area contributed by atoms with E-state index in [4.69, 9.17) is 21.7 Å². The number of thioether (sulfide) groups is 1. The fraction of sp³-hybridized carbons (Fsp3) is 0.500. The first kappa shape index (κ1) is 19.8. The molecule has 0 spiro atoms. The molecule has 1 aromatic rings. The third kappa shape index (κ3) is 4.79. The molecule has 0 heterocycles. The summed E-state index contributed by atoms with van der Waals surface area (Å²) in [4.78, 5) is 25.0. The van der Waals surface area contributed by atoms with Crippen molar-refractivity contribution in [1.29, 1.82) is 0 Å². The maximum atomic E-state index is 13.7. The van der Waals surface area contributed by atoms with Gasteiger partial charge in [-0.1, -0.05) is 11.8 Å². The van der Waals surface area contributed by atoms with Gasteiger partial charge >= 0.3 is 5.97 Å². The Balaban J connectivity index is 2.33. The molecule has 2 unspecified atom stereocenters. The highest BCUT2D eigenvalue weighted by molar-refractivity contribution is 8.23. The number of benzene rings is 1. The Morgan fingerprint density at radius 2 is 2.08 bits per heavy atom. The van der Waals surface area contributed by atoms with Crippen molar-refractivity contribution in [3.63, 3.8) is 0 Å². The molecule has 0 fully saturated rings. The van der Waals surface area contributed by atoms with Crippen LogP contribution in [0.5, 0.6) is 0 Å². The van der Waals surface area contributed by atoms with Crippen LogP contribution in [0.2, 0.25) is 0 Å². The third-order valence-corrected chi connectivity index (χ3v) is 5.12. The molecule has 7 heteroatoms. The summed E-state index contributed by atoms with van der Waals surface area (Å²) in [7, 11) is 0. The standard InChI is InChI=1S/C18H21FO4S2/c1-5-22-17(24)25-14-9-13(23-16(21)18(2,3)4)12-8-10(19)6-7-11(12)15(14)20/h6-8,13-14H,5,9H2,1-4H3. The fourth-order valence-electron chi connectivity index (χ4n) is 2.41. The van der Waals surface area contributed by atoms with Crippen LogP contribution in [0.3, 0.4) is 0 Å². The summed E-state index contributed by atoms with van der Waals surface area (Å²) in [6, 6.07) is 3.92. The van der Waals surface area contributed by atoms with Crippen LogP contribution in [0.15, 0.2) is 18.2 Å². The molecule has 4 nitrogen and oxygen atoms in total. The normalized spacial score (nSPS) is 20.0. The van der Waals surface area contributed by atoms with Crippen molar-refractivity contribution in [3.05, 3.63) is 35.1 Å². The maximum absolute atomic E-state index is 13.7. The van der Waals surface area contributed by atoms with Crippen molar-refractivity contribution in [3.8, 4) is 0 Å². The van der Waals surface area contributed by atoms with E-state index in [-0.39, 0.29) is 16.6 Å². The predicted octanol–water partition coefficient (Wildman–Crippen LogP) is 4.47. The van der Waals surface area contributed by atoms with Crippen molar-refractivity contribution in [1.82, 2.24) is 0 Å². The number of thiocarbonyl (C=S) groups is 1. The quantitative estimate of drug-likeness (QED) is 0.566. The lowest BCUT2D eigenvalue weighted by Crippen LogP contribution is -2.33. The van der Waals surface area contributed by atoms with Crippen LogP contribution in [-0.2, 0) is 14.3 Å². The molecule has 0 saturated heterocycles. The van der Waals surface area contributed by atoms with Gasteiger partial charge in [0.1, 0.15) is 11.9 Å². The van der Waals surface area contributed by atoms with E-state index in [1.54, 1.807) is 20.8 Å². The molecule has 0 radical (unpaired) electrons. The van der Waals surface area contributed by atoms with Crippen LogP contribution in [0.25, 0.3) is 0 Å². The van der Waals surface area contributed by atoms with Crippen LogP contribution in [-0.4, -0.2) is 28.0 Å². The van der Waals surface area contributed by atoms with Crippen LogP contribution < -0.4 is 0 Å². The van der Waals surface area contributed by atoms with Gasteiger partial charge in [-0.25, -0.2) is 4.39 Å². The minimum absolute atomic E-state index is 0.162. The summed E-state index contributed by atoms with van der Waals surface area (Å²) < 4.78 is 24.8. The number of hydrogen-bond donors (Lipinski definition) is 0. The number of hydrogen-bond acceptors (Lipinski definition) is 6. The van der Waals surface area contributed by atoms with Crippen LogP contribution >= 0.6 is 24.0 Å². The molecule has 2 atom stereocenters. The second-order valence-electron chi connectivity index (χ2n) is 6.76. The highest BCUT2D eigenvalue weighted by Crippen LogP contribution is 2.39. The summed E-state index contributed by atoms with van der Waals surface area (Å²) in [5.41, 5.74) is 0.0658. The van der Waals surface area contributed by atoms with Crippen molar-refractivity contribution in [2.45, 2.75) is 45.5 Å². The van der Waals surface area contributed by atoms with E-state index in [9.17, 15) is 14.0 Å². The molecule has 2 rings (SSSR count). The average molecular weight is 384 g/mol. The van der Waals surface area contributed by atoms with Gasteiger partial charge in [-0.15, -0.1) is 0 Å². The maximum Gasteiger partial charge on any atom is 0.311 e. The molecule has 1 aromatic carbocycles. The molecule has 0 amide bonds. The molecule has 25 heavy (non-hydrogen) atoms. The number of carbonyl (C=O) groups is 2. The number of ether oxygens (including phenoxy) is 2. The Labute approximate surface area is 156 Å². The summed E-state index contributed by atoms with van der Waals surface area (Å²) in [5, 5.41) is -0.533. The summed E-state index contributed by atoms with van der Waals surface area (Å²) >= 11 is 6.25. The topological polar surface area (TPSA) is 52.6 Å². The molecule has 0 N–H and O–H groups in total. The molecule has 0 bridgehead atoms. The van der Waals surface area contributed by atoms with Gasteiger partial charge in [0.15, 0.2) is 5.78 Å². The number of esters is 1. The third-order valence-electron chi connectivity index (χ3n) is 3.71. The zero-order valence-corrected chi connectivity index (χ0v) is 16.3. The molecular formula is C18H21FO4S2. The highest BCUT2D eigenvalue weighted by atomic mass is 32.2. The van der Waals surface area contributed by atoms with Crippen molar-refractivity contribution >= 4 is 40.1 Å². The van der Waals surface area contributed by atoms with Gasteiger partial charge in [0.05, 0.1) is 17.3 Å². The minimum atomic E-state index is -0.697. The first-order chi connectivity index (χ1) is 11.6. The Hall–Kier alpha value is -1.47. The van der Waals surface area contributed by atoms with Gasteiger partial charge in [-0.2, -0.15) is 0 Å². The second-order valence-corrected chi connectivity index (χ2v) is 8.57. The molecule has 0 saturated carbocycles. The first-order valence-corrected chi connectivity index (χ1v) is 9.30. The van der Waals surface area contributed by atoms with Crippen molar-refractivity contribution in [2.24, 2.45) is 5.41 Å². The van der Waals surface area contributed by atoms with Gasteiger partial charge in [0.2, 0.25) is 4.38 Å². The lowest BCUT2D eigenvalue weighted by Gasteiger charge is -2.31. The summed E-state index contributed by atoms with van der Waals surface area (Å²) in [6.45, 7) is 7.45. The van der Waals surface area contributed by atoms with Gasteiger partial charge in [0, 0.05) is 17.5 Å². The minimum Gasteiger partial charge on any atom is -0.479 e. The van der Waals surface area contributed by atoms with E-state index >= 15 is 0 Å². The number of Topliss-reactive ketones (excluding diaryl/α,β-unsaturated/α-hetero) is 1. The van der Waals surface area contributed by atoms with E-state index in [1.165, 1.54) is 18.2 Å². The smallest absolute Gasteiger partial charge is 0.311 e. The average Bonchev–Trinajstić information content (AvgIpc) is 2.51. The first-order valence-electron chi connectivity index (χ1n) is 8.01. The highest BCUT2D eigenvalue weighted by Gasteiger charge is 2.38.